The number of hydrogen-bond acceptors (Lipinski definition) is 4. The molecular weight excluding hydrogens is 261 g/mol. The van der Waals surface area contributed by atoms with E-state index < -0.39 is 6.10 Å². The summed E-state index contributed by atoms with van der Waals surface area (Å²) in [5, 5.41) is 10.6. The number of halogens is 1. The van der Waals surface area contributed by atoms with Crippen LogP contribution < -0.4 is 5.73 Å². The zero-order valence-electron chi connectivity index (χ0n) is 11.3. The molecule has 0 radical (unpaired) electrons. The Morgan fingerprint density at radius 3 is 3.00 bits per heavy atom. The normalized spacial score (nSPS) is 31.6. The van der Waals surface area contributed by atoms with E-state index in [-0.39, 0.29) is 17.3 Å². The van der Waals surface area contributed by atoms with E-state index in [2.05, 4.69) is 0 Å². The molecule has 2 saturated heterocycles. The third kappa shape index (κ3) is 2.53. The maximum Gasteiger partial charge on any atom is 0.123 e. The van der Waals surface area contributed by atoms with Crippen molar-refractivity contribution in [2.75, 3.05) is 25.6 Å². The van der Waals surface area contributed by atoms with Gasteiger partial charge >= 0.3 is 0 Å². The highest BCUT2D eigenvalue weighted by atomic mass is 19.1. The van der Waals surface area contributed by atoms with E-state index in [1.54, 1.807) is 0 Å². The van der Waals surface area contributed by atoms with E-state index >= 15 is 0 Å². The largest absolute Gasteiger partial charge is 0.398 e. The highest BCUT2D eigenvalue weighted by Crippen LogP contribution is 2.41. The lowest BCUT2D eigenvalue weighted by Crippen LogP contribution is -2.42. The molecule has 0 aromatic heterocycles. The molecule has 1 aromatic rings. The van der Waals surface area contributed by atoms with Gasteiger partial charge in [0.05, 0.1) is 18.3 Å². The standard InChI is InChI=1S/C15H20FNO3/c16-11-1-2-13(17)12(7-11)14(18)10-3-5-20-15(8-10)4-6-19-9-15/h1-2,7,10,14,18H,3-6,8-9,17H2. The first-order valence-electron chi connectivity index (χ1n) is 7.04. The van der Waals surface area contributed by atoms with Crippen molar-refractivity contribution in [1.29, 1.82) is 0 Å². The Kier molecular flexibility index (Phi) is 3.67. The first kappa shape index (κ1) is 13.8. The summed E-state index contributed by atoms with van der Waals surface area (Å²) < 4.78 is 24.6. The lowest BCUT2D eigenvalue weighted by Gasteiger charge is -2.39. The Morgan fingerprint density at radius 2 is 2.25 bits per heavy atom. The number of hydrogen-bond donors (Lipinski definition) is 2. The Bertz CT molecular complexity index is 488. The number of nitrogen functional groups attached to an aromatic ring is 1. The maximum atomic E-state index is 13.4. The van der Waals surface area contributed by atoms with Crippen LogP contribution in [-0.4, -0.2) is 30.5 Å². The van der Waals surface area contributed by atoms with Gasteiger partial charge in [-0.25, -0.2) is 4.39 Å². The van der Waals surface area contributed by atoms with E-state index in [4.69, 9.17) is 15.2 Å². The summed E-state index contributed by atoms with van der Waals surface area (Å²) in [6.45, 7) is 1.88. The van der Waals surface area contributed by atoms with Crippen LogP contribution in [0.25, 0.3) is 0 Å². The maximum absolute atomic E-state index is 13.4. The van der Waals surface area contributed by atoms with Gasteiger partial charge < -0.3 is 20.3 Å². The Hall–Kier alpha value is -1.17. The minimum absolute atomic E-state index is 0.0227. The van der Waals surface area contributed by atoms with Gasteiger partial charge in [-0.1, -0.05) is 0 Å². The number of anilines is 1. The van der Waals surface area contributed by atoms with Gasteiger partial charge in [-0.2, -0.15) is 0 Å². The minimum atomic E-state index is -0.757. The molecule has 2 aliphatic rings. The van der Waals surface area contributed by atoms with Gasteiger partial charge in [0.25, 0.3) is 0 Å². The van der Waals surface area contributed by atoms with Crippen molar-refractivity contribution >= 4 is 5.69 Å². The summed E-state index contributed by atoms with van der Waals surface area (Å²) in [4.78, 5) is 0. The zero-order valence-corrected chi connectivity index (χ0v) is 11.3. The molecular formula is C15H20FNO3. The van der Waals surface area contributed by atoms with Crippen LogP contribution in [0.5, 0.6) is 0 Å². The molecule has 3 rings (SSSR count). The number of aliphatic hydroxyl groups is 1. The lowest BCUT2D eigenvalue weighted by molar-refractivity contribution is -0.117. The Morgan fingerprint density at radius 1 is 1.40 bits per heavy atom. The van der Waals surface area contributed by atoms with Gasteiger partial charge in [-0.3, -0.25) is 0 Å². The van der Waals surface area contributed by atoms with Crippen molar-refractivity contribution in [2.24, 2.45) is 5.92 Å². The van der Waals surface area contributed by atoms with E-state index in [0.717, 1.165) is 19.3 Å². The first-order valence-corrected chi connectivity index (χ1v) is 7.04. The monoisotopic (exact) mass is 281 g/mol. The van der Waals surface area contributed by atoms with Gasteiger partial charge in [0.15, 0.2) is 0 Å². The van der Waals surface area contributed by atoms with Crippen LogP contribution in [0, 0.1) is 11.7 Å². The molecule has 110 valence electrons. The molecule has 20 heavy (non-hydrogen) atoms. The highest BCUT2D eigenvalue weighted by molar-refractivity contribution is 5.48. The van der Waals surface area contributed by atoms with Crippen LogP contribution in [0.3, 0.4) is 0 Å². The van der Waals surface area contributed by atoms with E-state index in [0.29, 0.717) is 31.1 Å². The third-order valence-electron chi connectivity index (χ3n) is 4.41. The summed E-state index contributed by atoms with van der Waals surface area (Å²) in [7, 11) is 0. The fourth-order valence-corrected chi connectivity index (χ4v) is 3.25. The second-order valence-corrected chi connectivity index (χ2v) is 5.81. The predicted octanol–water partition coefficient (Wildman–Crippen LogP) is 2.03. The Balaban J connectivity index is 1.79. The molecule has 2 heterocycles. The average molecular weight is 281 g/mol. The first-order chi connectivity index (χ1) is 9.60. The van der Waals surface area contributed by atoms with E-state index in [1.807, 2.05) is 0 Å². The van der Waals surface area contributed by atoms with Crippen molar-refractivity contribution in [1.82, 2.24) is 0 Å². The Labute approximate surface area is 117 Å². The molecule has 0 bridgehead atoms. The molecule has 3 unspecified atom stereocenters. The van der Waals surface area contributed by atoms with Crippen LogP contribution in [0.15, 0.2) is 18.2 Å². The van der Waals surface area contributed by atoms with Crippen molar-refractivity contribution in [3.63, 3.8) is 0 Å². The zero-order chi connectivity index (χ0) is 14.2. The van der Waals surface area contributed by atoms with Gasteiger partial charge in [-0.05, 0) is 37.0 Å². The minimum Gasteiger partial charge on any atom is -0.398 e. The summed E-state index contributed by atoms with van der Waals surface area (Å²) in [5.41, 5.74) is 6.50. The fourth-order valence-electron chi connectivity index (χ4n) is 3.25. The molecule has 1 spiro atoms. The second-order valence-electron chi connectivity index (χ2n) is 5.81. The van der Waals surface area contributed by atoms with Crippen LogP contribution in [0.4, 0.5) is 10.1 Å². The van der Waals surface area contributed by atoms with Gasteiger partial charge in [0, 0.05) is 30.9 Å². The predicted molar refractivity (Wildman–Crippen MR) is 72.6 cm³/mol. The smallest absolute Gasteiger partial charge is 0.123 e. The SMILES string of the molecule is Nc1ccc(F)cc1C(O)C1CCOC2(CCOC2)C1. The van der Waals surface area contributed by atoms with Crippen molar-refractivity contribution in [3.8, 4) is 0 Å². The van der Waals surface area contributed by atoms with Crippen LogP contribution in [0.1, 0.15) is 30.9 Å². The molecule has 0 saturated carbocycles. The summed E-state index contributed by atoms with van der Waals surface area (Å²) in [5.74, 6) is -0.353. The number of benzene rings is 1. The number of nitrogens with two attached hydrogens (primary N) is 1. The molecule has 3 N–H and O–H groups in total. The molecule has 0 aliphatic carbocycles. The van der Waals surface area contributed by atoms with Gasteiger partial charge in [0.1, 0.15) is 5.82 Å². The summed E-state index contributed by atoms with van der Waals surface area (Å²) in [6.07, 6.45) is 1.57. The van der Waals surface area contributed by atoms with Crippen molar-refractivity contribution in [3.05, 3.63) is 29.6 Å². The molecule has 2 aliphatic heterocycles. The molecule has 2 fully saturated rings. The average Bonchev–Trinajstić information content (AvgIpc) is 2.88. The number of ether oxygens (including phenoxy) is 2. The molecule has 1 aromatic carbocycles. The summed E-state index contributed by atoms with van der Waals surface area (Å²) >= 11 is 0. The quantitative estimate of drug-likeness (QED) is 0.814. The lowest BCUT2D eigenvalue weighted by atomic mass is 9.80. The van der Waals surface area contributed by atoms with Crippen molar-refractivity contribution < 1.29 is 19.0 Å². The second kappa shape index (κ2) is 5.31. The van der Waals surface area contributed by atoms with Crippen LogP contribution in [0.2, 0.25) is 0 Å². The third-order valence-corrected chi connectivity index (χ3v) is 4.41. The number of rotatable bonds is 2. The van der Waals surface area contributed by atoms with Crippen molar-refractivity contribution in [2.45, 2.75) is 31.0 Å². The summed E-state index contributed by atoms with van der Waals surface area (Å²) in [6, 6.07) is 4.14. The topological polar surface area (TPSA) is 64.7 Å². The van der Waals surface area contributed by atoms with Gasteiger partial charge in [0.2, 0.25) is 0 Å². The molecule has 4 nitrogen and oxygen atoms in total. The van der Waals surface area contributed by atoms with E-state index in [9.17, 15) is 9.50 Å². The highest BCUT2D eigenvalue weighted by Gasteiger charge is 2.43. The van der Waals surface area contributed by atoms with Gasteiger partial charge in [-0.15, -0.1) is 0 Å². The molecule has 5 heteroatoms. The fraction of sp³-hybridized carbons (Fsp3) is 0.600. The molecule has 0 amide bonds. The van der Waals surface area contributed by atoms with E-state index in [1.165, 1.54) is 18.2 Å². The van der Waals surface area contributed by atoms with Crippen LogP contribution in [-0.2, 0) is 9.47 Å². The van der Waals surface area contributed by atoms with Crippen LogP contribution >= 0.6 is 0 Å². The molecule has 3 atom stereocenters. The number of aliphatic hydroxyl groups excluding tert-OH is 1.